The third kappa shape index (κ3) is 7.59. The van der Waals surface area contributed by atoms with Gasteiger partial charge in [-0.05, 0) is 24.3 Å². The quantitative estimate of drug-likeness (QED) is 0.295. The minimum Gasteiger partial charge on any atom is -0.462 e. The zero-order valence-electron chi connectivity index (χ0n) is 26.1. The summed E-state index contributed by atoms with van der Waals surface area (Å²) in [5.41, 5.74) is 7.56. The Kier molecular flexibility index (Phi) is 9.01. The normalized spacial score (nSPS) is 20.0. The molecule has 11 nitrogen and oxygen atoms in total. The number of nitrogens with one attached hydrogen (secondary N) is 1. The number of rotatable bonds is 11. The van der Waals surface area contributed by atoms with Gasteiger partial charge in [0.25, 0.3) is 5.91 Å². The molecule has 43 heavy (non-hydrogen) atoms. The number of carbonyl (C=O) groups is 4. The van der Waals surface area contributed by atoms with Crippen LogP contribution in [0.25, 0.3) is 5.69 Å². The Labute approximate surface area is 251 Å². The Hall–Kier alpha value is -3.80. The smallest absolute Gasteiger partial charge is 0.310 e. The Morgan fingerprint density at radius 1 is 1.21 bits per heavy atom. The molecule has 0 spiro atoms. The fourth-order valence-corrected chi connectivity index (χ4v) is 5.98. The van der Waals surface area contributed by atoms with Crippen molar-refractivity contribution in [2.24, 2.45) is 11.1 Å². The van der Waals surface area contributed by atoms with Gasteiger partial charge in [0.15, 0.2) is 11.9 Å². The van der Waals surface area contributed by atoms with Crippen molar-refractivity contribution < 1.29 is 37.5 Å². The average Bonchev–Trinajstić information content (AvgIpc) is 3.18. The van der Waals surface area contributed by atoms with Crippen molar-refractivity contribution in [3.05, 3.63) is 40.5 Å². The number of primary amides is 1. The van der Waals surface area contributed by atoms with Crippen molar-refractivity contribution in [3.63, 3.8) is 0 Å². The molecule has 1 atom stereocenters. The van der Waals surface area contributed by atoms with Gasteiger partial charge in [0.05, 0.1) is 61.5 Å². The summed E-state index contributed by atoms with van der Waals surface area (Å²) in [6, 6.07) is 2.63. The molecular formula is C31H43FN5O6+. The lowest BCUT2D eigenvalue weighted by Crippen LogP contribution is -2.45. The Bertz CT molecular complexity index is 1440. The first-order chi connectivity index (χ1) is 20.0. The van der Waals surface area contributed by atoms with E-state index in [1.165, 1.54) is 13.0 Å². The summed E-state index contributed by atoms with van der Waals surface area (Å²) in [4.78, 5) is 49.4. The fraction of sp³-hybridized carbons (Fsp3) is 0.581. The highest BCUT2D eigenvalue weighted by Gasteiger charge is 2.38. The molecule has 2 aromatic rings. The van der Waals surface area contributed by atoms with Crippen LogP contribution in [0, 0.1) is 11.2 Å². The number of ether oxygens (including phenoxy) is 2. The molecule has 3 N–H and O–H groups in total. The lowest BCUT2D eigenvalue weighted by molar-refractivity contribution is -0.873. The number of nitrogens with zero attached hydrogens (tertiary/aromatic N) is 3. The molecule has 2 aliphatic carbocycles. The number of esters is 2. The summed E-state index contributed by atoms with van der Waals surface area (Å²) >= 11 is 0. The van der Waals surface area contributed by atoms with E-state index in [1.54, 1.807) is 10.7 Å². The number of aryl methyl sites for hydroxylation is 1. The average molecular weight is 601 g/mol. The molecule has 1 unspecified atom stereocenters. The van der Waals surface area contributed by atoms with Crippen molar-refractivity contribution in [1.29, 1.82) is 0 Å². The molecule has 1 fully saturated rings. The van der Waals surface area contributed by atoms with Gasteiger partial charge in [-0.3, -0.25) is 19.2 Å². The molecule has 1 heterocycles. The topological polar surface area (TPSA) is 143 Å². The lowest BCUT2D eigenvalue weighted by Gasteiger charge is -2.36. The van der Waals surface area contributed by atoms with Gasteiger partial charge >= 0.3 is 11.9 Å². The van der Waals surface area contributed by atoms with Crippen molar-refractivity contribution in [2.45, 2.75) is 84.5 Å². The number of aromatic nitrogens is 2. The van der Waals surface area contributed by atoms with Gasteiger partial charge in [-0.2, -0.15) is 5.10 Å². The van der Waals surface area contributed by atoms with Crippen LogP contribution in [0.2, 0.25) is 0 Å². The van der Waals surface area contributed by atoms with Gasteiger partial charge < -0.3 is 25.0 Å². The number of carbonyl (C=O) groups excluding carboxylic acids is 4. The number of quaternary nitrogens is 1. The second-order valence-electron chi connectivity index (χ2n) is 13.5. The van der Waals surface area contributed by atoms with Gasteiger partial charge in [0.1, 0.15) is 18.5 Å². The summed E-state index contributed by atoms with van der Waals surface area (Å²) in [5.74, 6) is -2.63. The number of likely N-dealkylation sites (N-methyl/N-ethyl adjacent to an activating group) is 1. The van der Waals surface area contributed by atoms with Crippen LogP contribution in [-0.2, 0) is 31.9 Å². The number of Topliss-reactive ketones (excluding diaryl/α,β-unsaturated/α-hetero) is 1. The molecule has 12 heteroatoms. The molecule has 0 bridgehead atoms. The number of amides is 1. The predicted molar refractivity (Wildman–Crippen MR) is 157 cm³/mol. The third-order valence-electron chi connectivity index (χ3n) is 7.75. The van der Waals surface area contributed by atoms with Gasteiger partial charge in [-0.1, -0.05) is 20.8 Å². The van der Waals surface area contributed by atoms with Crippen molar-refractivity contribution in [3.8, 4) is 5.69 Å². The summed E-state index contributed by atoms with van der Waals surface area (Å²) < 4.78 is 28.4. The molecule has 234 valence electrons. The van der Waals surface area contributed by atoms with Gasteiger partial charge in [-0.15, -0.1) is 0 Å². The van der Waals surface area contributed by atoms with E-state index in [0.717, 1.165) is 5.69 Å². The molecule has 4 rings (SSSR count). The standard InChI is InChI=1S/C31H42FN5O6/c1-8-23-29-25(14-31(3,4)15-26(29)39)36(35-23)19-11-22(32)28(30(33)41)24(12-19)34-18-9-20(10-18)43-27(40)13-21(42-17(2)38)16-37(5,6)7/h11-12,18,20-21H,8-10,13-16H2,1-7H3,(H2-,33,34,41)/p+1. The van der Waals surface area contributed by atoms with E-state index < -0.39 is 29.8 Å². The zero-order valence-corrected chi connectivity index (χ0v) is 26.1. The summed E-state index contributed by atoms with van der Waals surface area (Å²) in [7, 11) is 5.81. The molecule has 0 saturated heterocycles. The minimum absolute atomic E-state index is 0.0219. The maximum atomic E-state index is 15.4. The summed E-state index contributed by atoms with van der Waals surface area (Å²) in [6.07, 6.45) is 1.37. The number of halogens is 1. The van der Waals surface area contributed by atoms with Gasteiger partial charge in [0, 0.05) is 38.3 Å². The van der Waals surface area contributed by atoms with E-state index in [9.17, 15) is 19.2 Å². The first kappa shape index (κ1) is 32.1. The van der Waals surface area contributed by atoms with Crippen LogP contribution in [-0.4, -0.2) is 83.8 Å². The molecular weight excluding hydrogens is 557 g/mol. The van der Waals surface area contributed by atoms with Crippen LogP contribution in [0.15, 0.2) is 12.1 Å². The van der Waals surface area contributed by atoms with E-state index in [0.29, 0.717) is 60.1 Å². The number of ketones is 1. The van der Waals surface area contributed by atoms with E-state index in [-0.39, 0.29) is 41.0 Å². The van der Waals surface area contributed by atoms with E-state index in [4.69, 9.17) is 15.2 Å². The molecule has 2 aliphatic rings. The molecule has 1 aromatic heterocycles. The Morgan fingerprint density at radius 2 is 1.88 bits per heavy atom. The molecule has 1 saturated carbocycles. The van der Waals surface area contributed by atoms with Crippen LogP contribution in [0.3, 0.4) is 0 Å². The monoisotopic (exact) mass is 600 g/mol. The summed E-state index contributed by atoms with van der Waals surface area (Å²) in [5, 5.41) is 7.86. The minimum atomic E-state index is -0.921. The highest BCUT2D eigenvalue weighted by atomic mass is 19.1. The first-order valence-corrected chi connectivity index (χ1v) is 14.7. The molecule has 0 radical (unpaired) electrons. The second-order valence-corrected chi connectivity index (χ2v) is 13.5. The third-order valence-corrected chi connectivity index (χ3v) is 7.75. The number of hydrogen-bond acceptors (Lipinski definition) is 8. The highest BCUT2D eigenvalue weighted by molar-refractivity contribution is 6.00. The Balaban J connectivity index is 1.50. The van der Waals surface area contributed by atoms with E-state index in [2.05, 4.69) is 10.4 Å². The maximum absolute atomic E-state index is 15.4. The van der Waals surface area contributed by atoms with Crippen molar-refractivity contribution in [2.75, 3.05) is 33.0 Å². The maximum Gasteiger partial charge on any atom is 0.310 e. The van der Waals surface area contributed by atoms with E-state index >= 15 is 4.39 Å². The van der Waals surface area contributed by atoms with Crippen LogP contribution < -0.4 is 11.1 Å². The zero-order chi connectivity index (χ0) is 31.9. The first-order valence-electron chi connectivity index (χ1n) is 14.7. The fourth-order valence-electron chi connectivity index (χ4n) is 5.98. The van der Waals surface area contributed by atoms with E-state index in [1.807, 2.05) is 41.9 Å². The van der Waals surface area contributed by atoms with Crippen molar-refractivity contribution in [1.82, 2.24) is 9.78 Å². The number of nitrogens with two attached hydrogens (primary N) is 1. The molecule has 1 amide bonds. The van der Waals surface area contributed by atoms with Crippen LogP contribution in [0.5, 0.6) is 0 Å². The van der Waals surface area contributed by atoms with Gasteiger partial charge in [0.2, 0.25) is 0 Å². The van der Waals surface area contributed by atoms with Gasteiger partial charge in [-0.25, -0.2) is 9.07 Å². The van der Waals surface area contributed by atoms with Crippen LogP contribution in [0.4, 0.5) is 10.1 Å². The highest BCUT2D eigenvalue weighted by Crippen LogP contribution is 2.38. The number of anilines is 1. The summed E-state index contributed by atoms with van der Waals surface area (Å²) in [6.45, 7) is 7.70. The second kappa shape index (κ2) is 12.1. The van der Waals surface area contributed by atoms with Crippen LogP contribution >= 0.6 is 0 Å². The largest absolute Gasteiger partial charge is 0.462 e. The number of benzene rings is 1. The van der Waals surface area contributed by atoms with Crippen LogP contribution in [0.1, 0.15) is 85.5 Å². The molecule has 1 aromatic carbocycles. The lowest BCUT2D eigenvalue weighted by atomic mass is 9.75. The number of fused-ring (bicyclic) bond motifs is 1. The Morgan fingerprint density at radius 3 is 2.47 bits per heavy atom. The number of hydrogen-bond donors (Lipinski definition) is 2. The molecule has 0 aliphatic heterocycles. The van der Waals surface area contributed by atoms with Crippen molar-refractivity contribution >= 4 is 29.3 Å². The SMILES string of the molecule is CCc1nn(-c2cc(F)c(C(N)=O)c(NC3CC(OC(=O)CC(C[N+](C)(C)C)OC(C)=O)C3)c2)c2c1C(=O)CC(C)(C)C2. The predicted octanol–water partition coefficient (Wildman–Crippen LogP) is 3.34.